The van der Waals surface area contributed by atoms with Gasteiger partial charge < -0.3 is 16.0 Å². The molecule has 1 unspecified atom stereocenters. The third-order valence-electron chi connectivity index (χ3n) is 4.94. The molecule has 32 heavy (non-hydrogen) atoms. The summed E-state index contributed by atoms with van der Waals surface area (Å²) in [6.45, 7) is -0.133. The summed E-state index contributed by atoms with van der Waals surface area (Å²) in [5, 5.41) is 2.45. The standard InChI is InChI=1S/C22H22N3O6S/c23-21(28)17-9-5-4-8-16(17)14-32(30,31)11-10-20(27)24-18-12-25(13-19(18)26)22(29)15-6-2-1-3-7-15/h1-10,18H,11-14H2,(H2,23,28)(H,24,27). The molecular weight excluding hydrogens is 434 g/mol. The van der Waals surface area contributed by atoms with Gasteiger partial charge in [0.1, 0.15) is 6.04 Å². The highest BCUT2D eigenvalue weighted by Crippen LogP contribution is 2.14. The van der Waals surface area contributed by atoms with E-state index in [9.17, 15) is 27.6 Å². The van der Waals surface area contributed by atoms with Crippen LogP contribution in [0.4, 0.5) is 0 Å². The first-order valence-electron chi connectivity index (χ1n) is 9.75. The van der Waals surface area contributed by atoms with Crippen LogP contribution in [0.3, 0.4) is 0 Å². The molecule has 1 aliphatic rings. The van der Waals surface area contributed by atoms with Crippen LogP contribution in [-0.4, -0.2) is 61.7 Å². The number of nitrogens with one attached hydrogen (secondary N) is 1. The molecule has 1 saturated heterocycles. The van der Waals surface area contributed by atoms with Crippen molar-refractivity contribution in [2.45, 2.75) is 11.8 Å². The van der Waals surface area contributed by atoms with E-state index in [-0.39, 0.29) is 35.9 Å². The van der Waals surface area contributed by atoms with Gasteiger partial charge in [-0.15, -0.1) is 0 Å². The van der Waals surface area contributed by atoms with E-state index < -0.39 is 39.2 Å². The Balaban J connectivity index is 1.54. The van der Waals surface area contributed by atoms with Crippen LogP contribution in [0.2, 0.25) is 0 Å². The maximum absolute atomic E-state index is 12.5. The summed E-state index contributed by atoms with van der Waals surface area (Å²) in [5.74, 6) is -3.18. The number of rotatable bonds is 8. The summed E-state index contributed by atoms with van der Waals surface area (Å²) in [4.78, 5) is 49.7. The van der Waals surface area contributed by atoms with Crippen molar-refractivity contribution in [2.24, 2.45) is 5.73 Å². The Bertz CT molecular complexity index is 1150. The summed E-state index contributed by atoms with van der Waals surface area (Å²) in [6, 6.07) is 13.6. The molecular formula is C22H22N3O6S. The fourth-order valence-corrected chi connectivity index (χ4v) is 4.59. The van der Waals surface area contributed by atoms with E-state index >= 15 is 0 Å². The highest BCUT2D eigenvalue weighted by molar-refractivity contribution is 7.90. The first-order valence-corrected chi connectivity index (χ1v) is 11.6. The van der Waals surface area contributed by atoms with Gasteiger partial charge in [-0.2, -0.15) is 0 Å². The molecule has 1 fully saturated rings. The van der Waals surface area contributed by atoms with E-state index in [0.717, 1.165) is 6.42 Å². The molecule has 10 heteroatoms. The fraction of sp³-hybridized carbons (Fsp3) is 0.227. The van der Waals surface area contributed by atoms with Gasteiger partial charge in [-0.05, 0) is 23.8 Å². The number of likely N-dealkylation sites (tertiary alicyclic amines) is 1. The Labute approximate surface area is 185 Å². The third-order valence-corrected chi connectivity index (χ3v) is 6.37. The number of sulfone groups is 1. The number of primary amides is 1. The van der Waals surface area contributed by atoms with Crippen molar-refractivity contribution in [3.05, 3.63) is 77.7 Å². The molecule has 1 atom stereocenters. The zero-order valence-electron chi connectivity index (χ0n) is 17.1. The highest BCUT2D eigenvalue weighted by Gasteiger charge is 2.35. The monoisotopic (exact) mass is 456 g/mol. The number of nitrogens with zero attached hydrogens (tertiary/aromatic N) is 1. The van der Waals surface area contributed by atoms with Crippen molar-refractivity contribution < 1.29 is 27.6 Å². The van der Waals surface area contributed by atoms with E-state index in [1.807, 2.05) is 0 Å². The second-order valence-corrected chi connectivity index (χ2v) is 9.47. The molecule has 3 amide bonds. The van der Waals surface area contributed by atoms with Gasteiger partial charge in [0.15, 0.2) is 15.6 Å². The first kappa shape index (κ1) is 23.1. The van der Waals surface area contributed by atoms with Gasteiger partial charge in [-0.1, -0.05) is 36.4 Å². The van der Waals surface area contributed by atoms with Crippen LogP contribution in [0.5, 0.6) is 0 Å². The van der Waals surface area contributed by atoms with Gasteiger partial charge in [0.2, 0.25) is 11.8 Å². The number of hydrogen-bond acceptors (Lipinski definition) is 6. The lowest BCUT2D eigenvalue weighted by molar-refractivity contribution is -0.124. The molecule has 3 N–H and O–H groups in total. The summed E-state index contributed by atoms with van der Waals surface area (Å²) < 4.78 is 24.8. The number of Topliss-reactive ketones (excluding diaryl/α,β-unsaturated/α-hetero) is 1. The number of carbonyl (C=O) groups is 4. The normalized spacial score (nSPS) is 16.1. The van der Waals surface area contributed by atoms with Gasteiger partial charge in [0, 0.05) is 17.7 Å². The molecule has 0 aliphatic carbocycles. The number of carbonyl (C=O) groups excluding carboxylic acids is 4. The van der Waals surface area contributed by atoms with Gasteiger partial charge in [0.05, 0.1) is 24.5 Å². The maximum atomic E-state index is 12.5. The minimum absolute atomic E-state index is 0.00484. The van der Waals surface area contributed by atoms with Gasteiger partial charge in [-0.3, -0.25) is 19.2 Å². The molecule has 9 nitrogen and oxygen atoms in total. The van der Waals surface area contributed by atoms with Crippen molar-refractivity contribution in [3.8, 4) is 0 Å². The first-order chi connectivity index (χ1) is 15.2. The lowest BCUT2D eigenvalue weighted by Gasteiger charge is -2.16. The predicted octanol–water partition coefficient (Wildman–Crippen LogP) is 0.114. The maximum Gasteiger partial charge on any atom is 0.254 e. The Morgan fingerprint density at radius 2 is 1.72 bits per heavy atom. The van der Waals surface area contributed by atoms with E-state index in [0.29, 0.717) is 5.56 Å². The van der Waals surface area contributed by atoms with Gasteiger partial charge in [-0.25, -0.2) is 8.42 Å². The van der Waals surface area contributed by atoms with Crippen LogP contribution in [0.1, 0.15) is 26.3 Å². The molecule has 167 valence electrons. The smallest absolute Gasteiger partial charge is 0.254 e. The van der Waals surface area contributed by atoms with Crippen molar-refractivity contribution in [1.82, 2.24) is 10.2 Å². The number of hydrogen-bond donors (Lipinski definition) is 2. The quantitative estimate of drug-likeness (QED) is 0.577. The number of ketones is 1. The van der Waals surface area contributed by atoms with Gasteiger partial charge >= 0.3 is 0 Å². The van der Waals surface area contributed by atoms with Crippen molar-refractivity contribution in [1.29, 1.82) is 0 Å². The summed E-state index contributed by atoms with van der Waals surface area (Å²) in [7, 11) is -3.77. The Morgan fingerprint density at radius 3 is 2.41 bits per heavy atom. The van der Waals surface area contributed by atoms with Crippen molar-refractivity contribution in [2.75, 3.05) is 18.8 Å². The second-order valence-electron chi connectivity index (χ2n) is 7.36. The fourth-order valence-electron chi connectivity index (χ4n) is 3.34. The molecule has 0 aromatic heterocycles. The Kier molecular flexibility index (Phi) is 7.04. The predicted molar refractivity (Wildman–Crippen MR) is 116 cm³/mol. The Morgan fingerprint density at radius 1 is 1.06 bits per heavy atom. The van der Waals surface area contributed by atoms with Crippen molar-refractivity contribution in [3.63, 3.8) is 0 Å². The summed E-state index contributed by atoms with van der Waals surface area (Å²) in [6.07, 6.45) is 0.928. The van der Waals surface area contributed by atoms with Gasteiger partial charge in [0.25, 0.3) is 5.91 Å². The van der Waals surface area contributed by atoms with Crippen LogP contribution in [-0.2, 0) is 25.2 Å². The van der Waals surface area contributed by atoms with Crippen molar-refractivity contribution >= 4 is 33.3 Å². The SMILES string of the molecule is NC(=O)c1ccccc1CS(=O)(=O)C[CH]C(=O)NC1CN(C(=O)c2ccccc2)CC1=O. The van der Waals surface area contributed by atoms with Crippen LogP contribution in [0.25, 0.3) is 0 Å². The minimum atomic E-state index is -3.77. The number of benzene rings is 2. The second kappa shape index (κ2) is 9.73. The number of amides is 3. The van der Waals surface area contributed by atoms with E-state index in [1.54, 1.807) is 42.5 Å². The molecule has 1 aliphatic heterocycles. The Hall–Kier alpha value is -3.53. The van der Waals surface area contributed by atoms with Crippen LogP contribution in [0.15, 0.2) is 54.6 Å². The zero-order valence-corrected chi connectivity index (χ0v) is 17.9. The molecule has 0 saturated carbocycles. The highest BCUT2D eigenvalue weighted by atomic mass is 32.2. The lowest BCUT2D eigenvalue weighted by atomic mass is 10.1. The van der Waals surface area contributed by atoms with Crippen LogP contribution >= 0.6 is 0 Å². The molecule has 0 spiro atoms. The minimum Gasteiger partial charge on any atom is -0.366 e. The average Bonchev–Trinajstić information content (AvgIpc) is 3.12. The third kappa shape index (κ3) is 5.79. The van der Waals surface area contributed by atoms with Crippen LogP contribution < -0.4 is 11.1 Å². The van der Waals surface area contributed by atoms with E-state index in [2.05, 4.69) is 5.32 Å². The molecule has 0 bridgehead atoms. The average molecular weight is 457 g/mol. The number of nitrogens with two attached hydrogens (primary N) is 1. The summed E-state index contributed by atoms with van der Waals surface area (Å²) in [5.41, 5.74) is 6.04. The summed E-state index contributed by atoms with van der Waals surface area (Å²) >= 11 is 0. The van der Waals surface area contributed by atoms with E-state index in [1.165, 1.54) is 17.0 Å². The lowest BCUT2D eigenvalue weighted by Crippen LogP contribution is -2.42. The molecule has 2 aromatic rings. The topological polar surface area (TPSA) is 144 Å². The molecule has 2 aromatic carbocycles. The molecule has 1 radical (unpaired) electrons. The van der Waals surface area contributed by atoms with Crippen LogP contribution in [0, 0.1) is 6.42 Å². The van der Waals surface area contributed by atoms with E-state index in [4.69, 9.17) is 5.73 Å². The molecule has 3 rings (SSSR count). The largest absolute Gasteiger partial charge is 0.366 e. The zero-order chi connectivity index (χ0) is 23.3. The molecule has 1 heterocycles.